The van der Waals surface area contributed by atoms with Gasteiger partial charge in [-0.1, -0.05) is 30.3 Å². The second kappa shape index (κ2) is 7.45. The van der Waals surface area contributed by atoms with E-state index in [1.807, 2.05) is 28.0 Å². The molecule has 28 heavy (non-hydrogen) atoms. The summed E-state index contributed by atoms with van der Waals surface area (Å²) in [6.07, 6.45) is 3.31. The van der Waals surface area contributed by atoms with E-state index in [-0.39, 0.29) is 23.3 Å². The van der Waals surface area contributed by atoms with Crippen molar-refractivity contribution in [2.24, 2.45) is 5.41 Å². The molecule has 4 amide bonds. The summed E-state index contributed by atoms with van der Waals surface area (Å²) in [4.78, 5) is 42.2. The normalized spacial score (nSPS) is 24.6. The Hall–Kier alpha value is -2.57. The Bertz CT molecular complexity index is 758. The van der Waals surface area contributed by atoms with E-state index in [2.05, 4.69) is 17.4 Å². The van der Waals surface area contributed by atoms with Gasteiger partial charge in [0.05, 0.1) is 6.54 Å². The lowest BCUT2D eigenvalue weighted by atomic mass is 9.72. The molecule has 3 fully saturated rings. The molecule has 0 bridgehead atoms. The highest BCUT2D eigenvalue weighted by atomic mass is 16.2. The number of hydrogen-bond donors (Lipinski definition) is 1. The molecule has 3 heterocycles. The Labute approximate surface area is 165 Å². The minimum atomic E-state index is -0.436. The number of rotatable bonds is 3. The van der Waals surface area contributed by atoms with Gasteiger partial charge in [0.2, 0.25) is 11.8 Å². The minimum absolute atomic E-state index is 0.0144. The van der Waals surface area contributed by atoms with Crippen molar-refractivity contribution in [3.63, 3.8) is 0 Å². The molecule has 7 nitrogen and oxygen atoms in total. The van der Waals surface area contributed by atoms with E-state index in [4.69, 9.17) is 0 Å². The molecule has 0 saturated carbocycles. The molecule has 3 aliphatic rings. The average Bonchev–Trinajstić information content (AvgIpc) is 3.04. The topological polar surface area (TPSA) is 73.0 Å². The highest BCUT2D eigenvalue weighted by Gasteiger charge is 2.43. The van der Waals surface area contributed by atoms with Gasteiger partial charge in [-0.15, -0.1) is 0 Å². The third-order valence-corrected chi connectivity index (χ3v) is 6.50. The summed E-state index contributed by atoms with van der Waals surface area (Å²) >= 11 is 0. The lowest BCUT2D eigenvalue weighted by molar-refractivity contribution is -0.143. The maximum absolute atomic E-state index is 12.7. The van der Waals surface area contributed by atoms with Crippen LogP contribution in [0.15, 0.2) is 30.3 Å². The van der Waals surface area contributed by atoms with Gasteiger partial charge >= 0.3 is 6.03 Å². The van der Waals surface area contributed by atoms with Gasteiger partial charge in [-0.25, -0.2) is 4.79 Å². The van der Waals surface area contributed by atoms with Crippen LogP contribution in [-0.4, -0.2) is 71.8 Å². The Morgan fingerprint density at radius 1 is 1.14 bits per heavy atom. The third-order valence-electron chi connectivity index (χ3n) is 6.50. The lowest BCUT2D eigenvalue weighted by Gasteiger charge is -2.47. The van der Waals surface area contributed by atoms with Crippen LogP contribution in [-0.2, 0) is 16.1 Å². The number of nitrogens with zero attached hydrogens (tertiary/aromatic N) is 3. The Kier molecular flexibility index (Phi) is 5.00. The number of likely N-dealkylation sites (N-methyl/N-ethyl adjacent to an activating group) is 1. The van der Waals surface area contributed by atoms with Gasteiger partial charge in [0.15, 0.2) is 0 Å². The molecule has 1 atom stereocenters. The largest absolute Gasteiger partial charge is 0.341 e. The van der Waals surface area contributed by atoms with Crippen molar-refractivity contribution < 1.29 is 14.4 Å². The first-order chi connectivity index (χ1) is 13.5. The van der Waals surface area contributed by atoms with Crippen LogP contribution in [0.5, 0.6) is 0 Å². The van der Waals surface area contributed by atoms with E-state index >= 15 is 0 Å². The van der Waals surface area contributed by atoms with Crippen LogP contribution in [0.25, 0.3) is 0 Å². The van der Waals surface area contributed by atoms with Crippen molar-refractivity contribution in [1.29, 1.82) is 0 Å². The van der Waals surface area contributed by atoms with Crippen molar-refractivity contribution in [2.75, 3.05) is 33.2 Å². The maximum atomic E-state index is 12.7. The molecular weight excluding hydrogens is 356 g/mol. The summed E-state index contributed by atoms with van der Waals surface area (Å²) in [7, 11) is 1.70. The molecule has 0 unspecified atom stereocenters. The summed E-state index contributed by atoms with van der Waals surface area (Å²) in [6.45, 7) is 3.25. The summed E-state index contributed by atoms with van der Waals surface area (Å²) < 4.78 is 0. The van der Waals surface area contributed by atoms with Crippen molar-refractivity contribution in [2.45, 2.75) is 38.3 Å². The van der Waals surface area contributed by atoms with Gasteiger partial charge < -0.3 is 20.0 Å². The number of nitrogens with one attached hydrogen (secondary N) is 1. The van der Waals surface area contributed by atoms with Gasteiger partial charge in [-0.05, 0) is 30.2 Å². The van der Waals surface area contributed by atoms with Crippen molar-refractivity contribution in [1.82, 2.24) is 20.0 Å². The quantitative estimate of drug-likeness (QED) is 0.857. The molecule has 1 N–H and O–H groups in total. The Morgan fingerprint density at radius 3 is 2.50 bits per heavy atom. The predicted molar refractivity (Wildman–Crippen MR) is 104 cm³/mol. The number of carbonyl (C=O) groups is 3. The number of urea groups is 1. The number of piperidine rings is 2. The SMILES string of the molecule is CN1C[C@@H](C(=O)N2CCC3(CCC(=O)N(Cc4ccccc4)C3)CC2)NC1=O. The number of likely N-dealkylation sites (tertiary alicyclic amines) is 2. The zero-order valence-corrected chi connectivity index (χ0v) is 16.4. The van der Waals surface area contributed by atoms with Gasteiger partial charge in [0.1, 0.15) is 6.04 Å². The van der Waals surface area contributed by atoms with E-state index in [1.54, 1.807) is 11.9 Å². The molecule has 0 aromatic heterocycles. The maximum Gasteiger partial charge on any atom is 0.317 e. The fraction of sp³-hybridized carbons (Fsp3) is 0.571. The molecule has 150 valence electrons. The second-order valence-corrected chi connectivity index (χ2v) is 8.44. The van der Waals surface area contributed by atoms with Crippen LogP contribution in [0, 0.1) is 5.41 Å². The monoisotopic (exact) mass is 384 g/mol. The molecule has 1 aromatic carbocycles. The number of benzene rings is 1. The first-order valence-corrected chi connectivity index (χ1v) is 10.1. The molecule has 0 aliphatic carbocycles. The van der Waals surface area contributed by atoms with Crippen LogP contribution < -0.4 is 5.32 Å². The van der Waals surface area contributed by atoms with Crippen LogP contribution in [0.3, 0.4) is 0 Å². The first-order valence-electron chi connectivity index (χ1n) is 10.1. The van der Waals surface area contributed by atoms with Gasteiger partial charge in [-0.3, -0.25) is 9.59 Å². The summed E-state index contributed by atoms with van der Waals surface area (Å²) in [6, 6.07) is 9.49. The smallest absolute Gasteiger partial charge is 0.317 e. The Balaban J connectivity index is 1.36. The standard InChI is InChI=1S/C21H28N4O3/c1-23-14-17(22-20(23)28)19(27)24-11-9-21(10-12-24)8-7-18(26)25(15-21)13-16-5-3-2-4-6-16/h2-6,17H,7-15H2,1H3,(H,22,28)/t17-/m0/s1. The van der Waals surface area contributed by atoms with E-state index in [1.165, 1.54) is 0 Å². The van der Waals surface area contributed by atoms with Gasteiger partial charge in [0, 0.05) is 39.6 Å². The van der Waals surface area contributed by atoms with Gasteiger partial charge in [0.25, 0.3) is 0 Å². The zero-order valence-electron chi connectivity index (χ0n) is 16.4. The molecule has 3 saturated heterocycles. The first kappa shape index (κ1) is 18.8. The number of hydrogen-bond acceptors (Lipinski definition) is 3. The lowest BCUT2D eigenvalue weighted by Crippen LogP contribution is -2.54. The minimum Gasteiger partial charge on any atom is -0.341 e. The van der Waals surface area contributed by atoms with Crippen LogP contribution in [0.4, 0.5) is 4.79 Å². The van der Waals surface area contributed by atoms with Crippen LogP contribution in [0.1, 0.15) is 31.2 Å². The zero-order chi connectivity index (χ0) is 19.7. The molecule has 7 heteroatoms. The van der Waals surface area contributed by atoms with Crippen LogP contribution >= 0.6 is 0 Å². The predicted octanol–water partition coefficient (Wildman–Crippen LogP) is 1.44. The fourth-order valence-electron chi connectivity index (χ4n) is 4.68. The third kappa shape index (κ3) is 3.70. The molecule has 1 aromatic rings. The summed E-state index contributed by atoms with van der Waals surface area (Å²) in [5.41, 5.74) is 1.26. The Morgan fingerprint density at radius 2 is 1.86 bits per heavy atom. The van der Waals surface area contributed by atoms with Crippen molar-refractivity contribution in [3.8, 4) is 0 Å². The van der Waals surface area contributed by atoms with E-state index in [0.717, 1.165) is 31.4 Å². The van der Waals surface area contributed by atoms with Crippen molar-refractivity contribution >= 4 is 17.8 Å². The molecule has 0 radical (unpaired) electrons. The highest BCUT2D eigenvalue weighted by Crippen LogP contribution is 2.40. The van der Waals surface area contributed by atoms with E-state index < -0.39 is 6.04 Å². The van der Waals surface area contributed by atoms with Crippen molar-refractivity contribution in [3.05, 3.63) is 35.9 Å². The fourth-order valence-corrected chi connectivity index (χ4v) is 4.68. The van der Waals surface area contributed by atoms with E-state index in [0.29, 0.717) is 32.6 Å². The van der Waals surface area contributed by atoms with Crippen LogP contribution in [0.2, 0.25) is 0 Å². The number of amides is 4. The summed E-state index contributed by atoms with van der Waals surface area (Å²) in [5, 5.41) is 2.75. The second-order valence-electron chi connectivity index (χ2n) is 8.44. The van der Waals surface area contributed by atoms with E-state index in [9.17, 15) is 14.4 Å². The highest BCUT2D eigenvalue weighted by molar-refractivity contribution is 5.90. The molecule has 3 aliphatic heterocycles. The van der Waals surface area contributed by atoms with Gasteiger partial charge in [-0.2, -0.15) is 0 Å². The average molecular weight is 384 g/mol. The number of carbonyl (C=O) groups excluding carboxylic acids is 3. The molecule has 1 spiro atoms. The summed E-state index contributed by atoms with van der Waals surface area (Å²) in [5.74, 6) is 0.241. The molecular formula is C21H28N4O3. The molecule has 4 rings (SSSR count).